The topological polar surface area (TPSA) is 136 Å². The molecule has 0 spiro atoms. The number of rotatable bonds is 5. The van der Waals surface area contributed by atoms with Gasteiger partial charge in [0, 0.05) is 4.75 Å². The normalized spacial score (nSPS) is 27.6. The van der Waals surface area contributed by atoms with Crippen LogP contribution in [0.3, 0.4) is 0 Å². The maximum Gasteiger partial charge on any atom is 0.327 e. The Kier molecular flexibility index (Phi) is 4.22. The standard InChI is InChI=1S/C14H17N3O6S2/c1-14(2)10(13(19)20)17-11(18)9(12(17)24-14)16-25(22,23)8-5-3-7(15-21)4-6-8/h3-6,9-10,12,15-16,21H,1-2H3,(H,19,20)/t9-,10+,12-/m1/s1. The van der Waals surface area contributed by atoms with Crippen LogP contribution in [0.5, 0.6) is 0 Å². The average molecular weight is 387 g/mol. The van der Waals surface area contributed by atoms with Gasteiger partial charge in [-0.15, -0.1) is 11.8 Å². The zero-order valence-corrected chi connectivity index (χ0v) is 15.0. The number of thioether (sulfide) groups is 1. The van der Waals surface area contributed by atoms with Crippen molar-refractivity contribution < 1.29 is 28.3 Å². The van der Waals surface area contributed by atoms with Gasteiger partial charge in [0.15, 0.2) is 0 Å². The molecular weight excluding hydrogens is 370 g/mol. The van der Waals surface area contributed by atoms with Crippen LogP contribution in [-0.4, -0.2) is 57.7 Å². The molecule has 2 fully saturated rings. The Labute approximate surface area is 148 Å². The van der Waals surface area contributed by atoms with Crippen LogP contribution < -0.4 is 10.2 Å². The third kappa shape index (κ3) is 2.86. The first-order valence-electron chi connectivity index (χ1n) is 7.34. The molecule has 2 aliphatic rings. The number of aliphatic carboxylic acids is 1. The van der Waals surface area contributed by atoms with Crippen LogP contribution in [0.1, 0.15) is 13.8 Å². The van der Waals surface area contributed by atoms with Crippen LogP contribution >= 0.6 is 11.8 Å². The Bertz CT molecular complexity index is 823. The largest absolute Gasteiger partial charge is 0.480 e. The van der Waals surface area contributed by atoms with Gasteiger partial charge in [-0.25, -0.2) is 13.2 Å². The van der Waals surface area contributed by atoms with Crippen molar-refractivity contribution in [1.82, 2.24) is 9.62 Å². The van der Waals surface area contributed by atoms with Crippen molar-refractivity contribution in [2.24, 2.45) is 0 Å². The highest BCUT2D eigenvalue weighted by Crippen LogP contribution is 2.50. The molecule has 1 aromatic carbocycles. The molecule has 1 amide bonds. The van der Waals surface area contributed by atoms with Gasteiger partial charge in [-0.3, -0.25) is 15.5 Å². The Hall–Kier alpha value is -1.82. The number of carbonyl (C=O) groups excluding carboxylic acids is 1. The van der Waals surface area contributed by atoms with Gasteiger partial charge in [0.2, 0.25) is 15.9 Å². The van der Waals surface area contributed by atoms with Crippen LogP contribution in [-0.2, 0) is 19.6 Å². The molecule has 3 atom stereocenters. The van der Waals surface area contributed by atoms with Gasteiger partial charge in [0.25, 0.3) is 0 Å². The molecule has 2 aliphatic heterocycles. The molecule has 0 aliphatic carbocycles. The van der Waals surface area contributed by atoms with Crippen LogP contribution in [0.2, 0.25) is 0 Å². The Balaban J connectivity index is 1.80. The molecule has 3 rings (SSSR count). The number of anilines is 1. The number of sulfonamides is 1. The predicted octanol–water partition coefficient (Wildman–Crippen LogP) is 0.281. The number of carboxylic acid groups (broad SMARTS) is 1. The molecular formula is C14H17N3O6S2. The summed E-state index contributed by atoms with van der Waals surface area (Å²) in [5, 5.41) is 17.6. The van der Waals surface area contributed by atoms with Crippen LogP contribution in [0.4, 0.5) is 5.69 Å². The SMILES string of the molecule is CC1(C)S[C@@H]2[C@H](NS(=O)(=O)c3ccc(NO)cc3)C(=O)N2[C@H]1C(=O)O. The number of nitrogens with one attached hydrogen (secondary N) is 2. The van der Waals surface area contributed by atoms with Crippen LogP contribution in [0, 0.1) is 0 Å². The van der Waals surface area contributed by atoms with Crippen molar-refractivity contribution >= 4 is 39.3 Å². The molecule has 136 valence electrons. The van der Waals surface area contributed by atoms with Crippen molar-refractivity contribution in [3.8, 4) is 0 Å². The number of hydrogen-bond acceptors (Lipinski definition) is 7. The molecule has 25 heavy (non-hydrogen) atoms. The molecule has 0 saturated carbocycles. The molecule has 1 aromatic rings. The molecule has 0 bridgehead atoms. The second-order valence-electron chi connectivity index (χ2n) is 6.33. The van der Waals surface area contributed by atoms with Crippen molar-refractivity contribution in [3.63, 3.8) is 0 Å². The van der Waals surface area contributed by atoms with E-state index in [2.05, 4.69) is 4.72 Å². The Morgan fingerprint density at radius 3 is 2.40 bits per heavy atom. The summed E-state index contributed by atoms with van der Waals surface area (Å²) in [5.74, 6) is -1.66. The number of nitrogens with zero attached hydrogens (tertiary/aromatic N) is 1. The summed E-state index contributed by atoms with van der Waals surface area (Å²) in [6.45, 7) is 3.43. The molecule has 9 nitrogen and oxygen atoms in total. The highest BCUT2D eigenvalue weighted by Gasteiger charge is 2.64. The molecule has 11 heteroatoms. The van der Waals surface area contributed by atoms with E-state index in [0.717, 1.165) is 0 Å². The highest BCUT2D eigenvalue weighted by atomic mass is 32.2. The van der Waals surface area contributed by atoms with E-state index in [1.54, 1.807) is 13.8 Å². The van der Waals surface area contributed by atoms with Gasteiger partial charge in [-0.1, -0.05) is 0 Å². The minimum atomic E-state index is -3.96. The van der Waals surface area contributed by atoms with E-state index in [1.165, 1.54) is 40.9 Å². The fraction of sp³-hybridized carbons (Fsp3) is 0.429. The second-order valence-corrected chi connectivity index (χ2v) is 9.82. The van der Waals surface area contributed by atoms with Gasteiger partial charge in [0.1, 0.15) is 17.5 Å². The van der Waals surface area contributed by atoms with Crippen molar-refractivity contribution in [1.29, 1.82) is 0 Å². The summed E-state index contributed by atoms with van der Waals surface area (Å²) in [4.78, 5) is 24.9. The molecule has 4 N–H and O–H groups in total. The average Bonchev–Trinajstić information content (AvgIpc) is 2.81. The van der Waals surface area contributed by atoms with Crippen LogP contribution in [0.15, 0.2) is 29.2 Å². The minimum absolute atomic E-state index is 0.0604. The van der Waals surface area contributed by atoms with E-state index >= 15 is 0 Å². The van der Waals surface area contributed by atoms with Gasteiger partial charge >= 0.3 is 5.97 Å². The maximum atomic E-state index is 12.5. The lowest BCUT2D eigenvalue weighted by atomic mass is 9.96. The number of hydrogen-bond donors (Lipinski definition) is 4. The molecule has 0 radical (unpaired) electrons. The van der Waals surface area contributed by atoms with E-state index in [-0.39, 0.29) is 4.90 Å². The van der Waals surface area contributed by atoms with Gasteiger partial charge in [-0.2, -0.15) is 4.72 Å². The lowest BCUT2D eigenvalue weighted by Crippen LogP contribution is -2.70. The lowest BCUT2D eigenvalue weighted by molar-refractivity contribution is -0.159. The van der Waals surface area contributed by atoms with E-state index < -0.39 is 44.1 Å². The molecule has 2 heterocycles. The first-order chi connectivity index (χ1) is 11.6. The maximum absolute atomic E-state index is 12.5. The summed E-state index contributed by atoms with van der Waals surface area (Å²) >= 11 is 1.26. The first-order valence-corrected chi connectivity index (χ1v) is 9.70. The Morgan fingerprint density at radius 2 is 1.88 bits per heavy atom. The van der Waals surface area contributed by atoms with E-state index in [1.807, 2.05) is 5.48 Å². The number of fused-ring (bicyclic) bond motifs is 1. The third-order valence-electron chi connectivity index (χ3n) is 4.25. The van der Waals surface area contributed by atoms with E-state index in [9.17, 15) is 23.1 Å². The number of carbonyl (C=O) groups is 2. The number of carboxylic acids is 1. The van der Waals surface area contributed by atoms with Gasteiger partial charge in [0.05, 0.1) is 10.6 Å². The van der Waals surface area contributed by atoms with Crippen molar-refractivity contribution in [3.05, 3.63) is 24.3 Å². The summed E-state index contributed by atoms with van der Waals surface area (Å²) < 4.78 is 26.5. The summed E-state index contributed by atoms with van der Waals surface area (Å²) in [6, 6.07) is 3.32. The fourth-order valence-corrected chi connectivity index (χ4v) is 5.97. The zero-order chi connectivity index (χ0) is 18.6. The quantitative estimate of drug-likeness (QED) is 0.418. The number of amides is 1. The molecule has 2 saturated heterocycles. The number of benzene rings is 1. The lowest BCUT2D eigenvalue weighted by Gasteiger charge is -2.43. The smallest absolute Gasteiger partial charge is 0.327 e. The molecule has 0 aromatic heterocycles. The highest BCUT2D eigenvalue weighted by molar-refractivity contribution is 8.01. The Morgan fingerprint density at radius 1 is 1.28 bits per heavy atom. The number of β-lactam (4-membered cyclic amide) rings is 1. The summed E-state index contributed by atoms with van der Waals surface area (Å²) in [6.07, 6.45) is 0. The summed E-state index contributed by atoms with van der Waals surface area (Å²) in [7, 11) is -3.96. The first kappa shape index (κ1) is 18.0. The molecule has 0 unspecified atom stereocenters. The van der Waals surface area contributed by atoms with Crippen molar-refractivity contribution in [2.75, 3.05) is 5.48 Å². The summed E-state index contributed by atoms with van der Waals surface area (Å²) in [5.41, 5.74) is 2.22. The van der Waals surface area contributed by atoms with E-state index in [4.69, 9.17) is 5.21 Å². The minimum Gasteiger partial charge on any atom is -0.480 e. The third-order valence-corrected chi connectivity index (χ3v) is 7.28. The predicted molar refractivity (Wildman–Crippen MR) is 89.7 cm³/mol. The fourth-order valence-electron chi connectivity index (χ4n) is 3.06. The van der Waals surface area contributed by atoms with Gasteiger partial charge < -0.3 is 10.0 Å². The monoisotopic (exact) mass is 387 g/mol. The van der Waals surface area contributed by atoms with Crippen LogP contribution in [0.25, 0.3) is 0 Å². The van der Waals surface area contributed by atoms with Gasteiger partial charge in [-0.05, 0) is 38.1 Å². The van der Waals surface area contributed by atoms with Crippen molar-refractivity contribution in [2.45, 2.75) is 40.9 Å². The van der Waals surface area contributed by atoms with E-state index in [0.29, 0.717) is 5.69 Å². The second kappa shape index (κ2) is 5.87. The zero-order valence-electron chi connectivity index (χ0n) is 13.3.